The van der Waals surface area contributed by atoms with Crippen LogP contribution in [0.3, 0.4) is 0 Å². The van der Waals surface area contributed by atoms with Gasteiger partial charge in [0.25, 0.3) is 0 Å². The maximum absolute atomic E-state index is 12.2. The van der Waals surface area contributed by atoms with Crippen molar-refractivity contribution >= 4 is 6.09 Å². The zero-order valence-corrected chi connectivity index (χ0v) is 25.7. The molecule has 1 amide bonds. The van der Waals surface area contributed by atoms with Crippen LogP contribution in [0.5, 0.6) is 11.5 Å². The number of amides is 1. The number of nitrogens with zero attached hydrogens (tertiary/aromatic N) is 3. The first-order chi connectivity index (χ1) is 19.5. The number of hydrogen-bond acceptors (Lipinski definition) is 6. The van der Waals surface area contributed by atoms with Crippen molar-refractivity contribution in [3.8, 4) is 23.3 Å². The number of aliphatic hydroxyl groups is 1. The summed E-state index contributed by atoms with van der Waals surface area (Å²) in [6.07, 6.45) is 4.46. The molecule has 0 saturated heterocycles. The van der Waals surface area contributed by atoms with E-state index >= 15 is 0 Å². The molecular formula is C34H47N3O4. The Hall–Kier alpha value is -3.05. The molecule has 0 spiro atoms. The standard InChI is InChI=1S/C34H47N3O4/c1-7-16-33(39)17-18-34(19-22-40-29-12-8-26(9-13-29)25-37(6)21-20-35(2)3)28(24-33)11-10-27-23-30(14-15-31(27)34)41-32(38)36(4)5/h8-9,12-15,23,28,39H,10-11,17-22,24-25H2,1-6H3/t28-,33+,34+/m0/s1. The first kappa shape index (κ1) is 30.9. The quantitative estimate of drug-likeness (QED) is 0.414. The molecule has 1 saturated carbocycles. The molecular weight excluding hydrogens is 514 g/mol. The lowest BCUT2D eigenvalue weighted by Crippen LogP contribution is -2.50. The van der Waals surface area contributed by atoms with Gasteiger partial charge >= 0.3 is 6.09 Å². The van der Waals surface area contributed by atoms with Crippen LogP contribution in [-0.4, -0.2) is 86.4 Å². The molecule has 7 nitrogen and oxygen atoms in total. The molecule has 2 aliphatic carbocycles. The lowest BCUT2D eigenvalue weighted by molar-refractivity contribution is -0.0143. The van der Waals surface area contributed by atoms with Crippen LogP contribution in [0.25, 0.3) is 0 Å². The zero-order valence-electron chi connectivity index (χ0n) is 25.7. The van der Waals surface area contributed by atoms with E-state index in [1.54, 1.807) is 21.0 Å². The Morgan fingerprint density at radius 3 is 2.44 bits per heavy atom. The third kappa shape index (κ3) is 7.62. The lowest BCUT2D eigenvalue weighted by Gasteiger charge is -2.52. The van der Waals surface area contributed by atoms with E-state index in [0.29, 0.717) is 31.1 Å². The Bertz CT molecular complexity index is 1250. The van der Waals surface area contributed by atoms with Crippen LogP contribution in [0.15, 0.2) is 42.5 Å². The summed E-state index contributed by atoms with van der Waals surface area (Å²) in [7, 11) is 9.71. The molecule has 1 fully saturated rings. The largest absolute Gasteiger partial charge is 0.494 e. The Morgan fingerprint density at radius 1 is 1.02 bits per heavy atom. The summed E-state index contributed by atoms with van der Waals surface area (Å²) in [4.78, 5) is 18.1. The van der Waals surface area contributed by atoms with Gasteiger partial charge in [0, 0.05) is 39.1 Å². The van der Waals surface area contributed by atoms with Crippen LogP contribution < -0.4 is 9.47 Å². The van der Waals surface area contributed by atoms with Gasteiger partial charge in [0.2, 0.25) is 0 Å². The molecule has 2 aliphatic rings. The minimum Gasteiger partial charge on any atom is -0.494 e. The SMILES string of the molecule is CC#C[C@@]1(O)CC[C@]2(CCOc3ccc(CN(C)CCN(C)C)cc3)c3ccc(OC(=O)N(C)C)cc3CC[C@H]2C1. The second-order valence-corrected chi connectivity index (χ2v) is 12.4. The molecule has 1 N–H and O–H groups in total. The monoisotopic (exact) mass is 561 g/mol. The fraction of sp³-hybridized carbons (Fsp3) is 0.559. The summed E-state index contributed by atoms with van der Waals surface area (Å²) >= 11 is 0. The molecule has 4 rings (SSSR count). The van der Waals surface area contributed by atoms with E-state index in [0.717, 1.165) is 51.1 Å². The Balaban J connectivity index is 1.48. The molecule has 0 aliphatic heterocycles. The van der Waals surface area contributed by atoms with Gasteiger partial charge in [0.1, 0.15) is 17.1 Å². The highest BCUT2D eigenvalue weighted by Crippen LogP contribution is 2.54. The third-order valence-electron chi connectivity index (χ3n) is 8.78. The molecule has 7 heteroatoms. The molecule has 0 unspecified atom stereocenters. The van der Waals surface area contributed by atoms with Gasteiger partial charge in [-0.2, -0.15) is 0 Å². The van der Waals surface area contributed by atoms with Gasteiger partial charge in [-0.25, -0.2) is 4.79 Å². The predicted octanol–water partition coefficient (Wildman–Crippen LogP) is 4.95. The maximum atomic E-state index is 12.2. The molecule has 2 aromatic rings. The number of benzene rings is 2. The Morgan fingerprint density at radius 2 is 1.76 bits per heavy atom. The fourth-order valence-electron chi connectivity index (χ4n) is 6.53. The first-order valence-electron chi connectivity index (χ1n) is 14.8. The van der Waals surface area contributed by atoms with Crippen LogP contribution in [0, 0.1) is 17.8 Å². The molecule has 2 aromatic carbocycles. The van der Waals surface area contributed by atoms with E-state index in [2.05, 4.69) is 73.1 Å². The van der Waals surface area contributed by atoms with Gasteiger partial charge in [0.15, 0.2) is 0 Å². The summed E-state index contributed by atoms with van der Waals surface area (Å²) in [5.41, 5.74) is 2.74. The molecule has 0 aromatic heterocycles. The summed E-state index contributed by atoms with van der Waals surface area (Å²) in [5.74, 6) is 7.80. The summed E-state index contributed by atoms with van der Waals surface area (Å²) < 4.78 is 11.9. The van der Waals surface area contributed by atoms with Gasteiger partial charge < -0.3 is 29.3 Å². The normalized spacial score (nSPS) is 23.3. The summed E-state index contributed by atoms with van der Waals surface area (Å²) in [6, 6.07) is 14.5. The van der Waals surface area contributed by atoms with E-state index < -0.39 is 5.60 Å². The number of carbonyl (C=O) groups is 1. The van der Waals surface area contributed by atoms with Crippen molar-refractivity contribution in [3.63, 3.8) is 0 Å². The number of ether oxygens (including phenoxy) is 2. The van der Waals surface area contributed by atoms with Gasteiger partial charge in [-0.1, -0.05) is 24.1 Å². The third-order valence-corrected chi connectivity index (χ3v) is 8.78. The van der Waals surface area contributed by atoms with E-state index in [-0.39, 0.29) is 11.5 Å². The van der Waals surface area contributed by atoms with Crippen LogP contribution >= 0.6 is 0 Å². The number of rotatable bonds is 10. The molecule has 0 radical (unpaired) electrons. The van der Waals surface area contributed by atoms with Crippen molar-refractivity contribution in [1.29, 1.82) is 0 Å². The van der Waals surface area contributed by atoms with Crippen molar-refractivity contribution in [2.75, 3.05) is 54.9 Å². The highest BCUT2D eigenvalue weighted by molar-refractivity contribution is 5.70. The van der Waals surface area contributed by atoms with Crippen LogP contribution in [0.1, 0.15) is 55.7 Å². The number of carbonyl (C=O) groups excluding carboxylic acids is 1. The average molecular weight is 562 g/mol. The summed E-state index contributed by atoms with van der Waals surface area (Å²) in [5, 5.41) is 11.2. The molecule has 3 atom stereocenters. The van der Waals surface area contributed by atoms with Crippen molar-refractivity contribution in [1.82, 2.24) is 14.7 Å². The number of fused-ring (bicyclic) bond motifs is 3. The highest BCUT2D eigenvalue weighted by Gasteiger charge is 2.51. The summed E-state index contributed by atoms with van der Waals surface area (Å²) in [6.45, 7) is 5.36. The topological polar surface area (TPSA) is 65.5 Å². The van der Waals surface area contributed by atoms with Gasteiger partial charge in [-0.05, 0) is 113 Å². The second-order valence-electron chi connectivity index (χ2n) is 12.4. The Labute approximate surface area is 246 Å². The minimum atomic E-state index is -0.933. The maximum Gasteiger partial charge on any atom is 0.414 e. The van der Waals surface area contributed by atoms with Crippen molar-refractivity contribution in [2.24, 2.45) is 5.92 Å². The number of hydrogen-bond donors (Lipinski definition) is 1. The van der Waals surface area contributed by atoms with E-state index in [1.165, 1.54) is 21.6 Å². The molecule has 0 heterocycles. The average Bonchev–Trinajstić information content (AvgIpc) is 2.93. The first-order valence-corrected chi connectivity index (χ1v) is 14.8. The molecule has 0 bridgehead atoms. The number of likely N-dealkylation sites (N-methyl/N-ethyl adjacent to an activating group) is 2. The minimum absolute atomic E-state index is 0.117. The van der Waals surface area contributed by atoms with E-state index in [9.17, 15) is 9.90 Å². The van der Waals surface area contributed by atoms with Crippen LogP contribution in [0.4, 0.5) is 4.79 Å². The van der Waals surface area contributed by atoms with E-state index in [1.807, 2.05) is 12.1 Å². The van der Waals surface area contributed by atoms with Crippen molar-refractivity contribution in [2.45, 2.75) is 63.0 Å². The van der Waals surface area contributed by atoms with Crippen LogP contribution in [0.2, 0.25) is 0 Å². The Kier molecular flexibility index (Phi) is 10.0. The number of aryl methyl sites for hydroxylation is 1. The second kappa shape index (κ2) is 13.3. The predicted molar refractivity (Wildman–Crippen MR) is 163 cm³/mol. The highest BCUT2D eigenvalue weighted by atomic mass is 16.6. The van der Waals surface area contributed by atoms with Crippen molar-refractivity contribution in [3.05, 3.63) is 59.2 Å². The van der Waals surface area contributed by atoms with Gasteiger partial charge in [-0.3, -0.25) is 0 Å². The van der Waals surface area contributed by atoms with E-state index in [4.69, 9.17) is 9.47 Å². The smallest absolute Gasteiger partial charge is 0.414 e. The molecule has 222 valence electrons. The van der Waals surface area contributed by atoms with Gasteiger partial charge in [0.05, 0.1) is 6.61 Å². The molecule has 41 heavy (non-hydrogen) atoms. The lowest BCUT2D eigenvalue weighted by atomic mass is 9.53. The fourth-order valence-corrected chi connectivity index (χ4v) is 6.53. The van der Waals surface area contributed by atoms with Gasteiger partial charge in [-0.15, -0.1) is 5.92 Å². The van der Waals surface area contributed by atoms with Crippen LogP contribution in [-0.2, 0) is 18.4 Å². The zero-order chi connectivity index (χ0) is 29.6. The van der Waals surface area contributed by atoms with Crippen molar-refractivity contribution < 1.29 is 19.4 Å².